The largest absolute Gasteiger partial charge is 0.439 e. The maximum Gasteiger partial charge on any atom is 0.268 e. The smallest absolute Gasteiger partial charge is 0.268 e. The summed E-state index contributed by atoms with van der Waals surface area (Å²) in [6.07, 6.45) is 0. The highest BCUT2D eigenvalue weighted by Crippen LogP contribution is 2.31. The molecule has 0 atom stereocenters. The van der Waals surface area contributed by atoms with Gasteiger partial charge in [0.2, 0.25) is 11.3 Å². The van der Waals surface area contributed by atoms with Gasteiger partial charge in [-0.25, -0.2) is 0 Å². The first kappa shape index (κ1) is 17.5. The van der Waals surface area contributed by atoms with Gasteiger partial charge in [-0.05, 0) is 47.7 Å². The Morgan fingerprint density at radius 1 is 1.07 bits per heavy atom. The van der Waals surface area contributed by atoms with E-state index in [1.807, 2.05) is 24.4 Å². The monoisotopic (exact) mass is 395 g/mol. The summed E-state index contributed by atoms with van der Waals surface area (Å²) < 4.78 is 6.00. The molecular weight excluding hydrogens is 382 g/mol. The number of para-hydroxylation sites is 1. The fraction of sp³-hybridized carbons (Fsp3) is 0.0476. The number of nitrogens with one attached hydrogen (secondary N) is 1. The van der Waals surface area contributed by atoms with Crippen molar-refractivity contribution in [2.75, 3.05) is 5.32 Å². The molecule has 0 saturated carbocycles. The topological polar surface area (TPSA) is 59.3 Å². The van der Waals surface area contributed by atoms with Crippen LogP contribution < -0.4 is 10.7 Å². The minimum absolute atomic E-state index is 0.127. The molecule has 134 valence electrons. The SMILES string of the molecule is Cc1cccc2c(=O)c(-c3ccc(Cl)cc3)c(NC(=O)c3cccs3)oc12. The molecule has 1 N–H and O–H groups in total. The van der Waals surface area contributed by atoms with Crippen LogP contribution in [-0.2, 0) is 0 Å². The van der Waals surface area contributed by atoms with Crippen molar-refractivity contribution in [1.29, 1.82) is 0 Å². The van der Waals surface area contributed by atoms with Crippen molar-refractivity contribution in [3.63, 3.8) is 0 Å². The number of thiophene rings is 1. The van der Waals surface area contributed by atoms with Gasteiger partial charge in [0.25, 0.3) is 5.91 Å². The van der Waals surface area contributed by atoms with Crippen molar-refractivity contribution in [2.45, 2.75) is 6.92 Å². The number of halogens is 1. The van der Waals surface area contributed by atoms with Crippen LogP contribution in [0.5, 0.6) is 0 Å². The second-order valence-electron chi connectivity index (χ2n) is 6.03. The molecule has 0 aliphatic heterocycles. The van der Waals surface area contributed by atoms with E-state index in [2.05, 4.69) is 5.32 Å². The Labute approximate surface area is 164 Å². The lowest BCUT2D eigenvalue weighted by Gasteiger charge is -2.12. The molecule has 4 aromatic rings. The molecule has 2 aromatic carbocycles. The third-order valence-corrected chi connectivity index (χ3v) is 5.34. The first-order chi connectivity index (χ1) is 13.0. The van der Waals surface area contributed by atoms with Crippen LogP contribution in [0.2, 0.25) is 5.02 Å². The molecule has 1 amide bonds. The van der Waals surface area contributed by atoms with Gasteiger partial charge in [0.05, 0.1) is 15.8 Å². The van der Waals surface area contributed by atoms with Crippen LogP contribution in [0.4, 0.5) is 5.88 Å². The third kappa shape index (κ3) is 3.27. The predicted molar refractivity (Wildman–Crippen MR) is 110 cm³/mol. The summed E-state index contributed by atoms with van der Waals surface area (Å²) in [6, 6.07) is 15.8. The van der Waals surface area contributed by atoms with Crippen LogP contribution in [0, 0.1) is 6.92 Å². The lowest BCUT2D eigenvalue weighted by molar-refractivity contribution is 0.102. The molecule has 0 spiro atoms. The van der Waals surface area contributed by atoms with Crippen molar-refractivity contribution in [3.05, 3.63) is 85.7 Å². The summed E-state index contributed by atoms with van der Waals surface area (Å²) in [5, 5.41) is 5.60. The first-order valence-corrected chi connectivity index (χ1v) is 9.47. The van der Waals surface area contributed by atoms with Crippen molar-refractivity contribution in [3.8, 4) is 11.1 Å². The standard InChI is InChI=1S/C21H14ClNO3S/c1-12-4-2-5-15-18(24)17(13-7-9-14(22)10-8-13)21(26-19(12)15)23-20(25)16-6-3-11-27-16/h2-11H,1H3,(H,23,25). The molecule has 0 fully saturated rings. The Morgan fingerprint density at radius 2 is 1.85 bits per heavy atom. The Kier molecular flexibility index (Phi) is 4.56. The normalized spacial score (nSPS) is 10.9. The van der Waals surface area contributed by atoms with Gasteiger partial charge >= 0.3 is 0 Å². The van der Waals surface area contributed by atoms with E-state index in [9.17, 15) is 9.59 Å². The van der Waals surface area contributed by atoms with Gasteiger partial charge in [-0.1, -0.05) is 41.9 Å². The maximum atomic E-state index is 13.2. The number of rotatable bonds is 3. The lowest BCUT2D eigenvalue weighted by atomic mass is 10.0. The number of carbonyl (C=O) groups is 1. The highest BCUT2D eigenvalue weighted by atomic mass is 35.5. The van der Waals surface area contributed by atoms with E-state index in [0.717, 1.165) is 5.56 Å². The number of benzene rings is 2. The Morgan fingerprint density at radius 3 is 2.56 bits per heavy atom. The van der Waals surface area contributed by atoms with Crippen LogP contribution in [0.3, 0.4) is 0 Å². The number of aryl methyl sites for hydroxylation is 1. The Balaban J connectivity index is 1.95. The molecule has 4 rings (SSSR count). The van der Waals surface area contributed by atoms with E-state index >= 15 is 0 Å². The Hall–Kier alpha value is -2.89. The van der Waals surface area contributed by atoms with Gasteiger partial charge in [0, 0.05) is 5.02 Å². The van der Waals surface area contributed by atoms with E-state index < -0.39 is 0 Å². The van der Waals surface area contributed by atoms with Crippen LogP contribution in [0.15, 0.2) is 69.2 Å². The molecule has 2 heterocycles. The van der Waals surface area contributed by atoms with Gasteiger partial charge in [-0.3, -0.25) is 14.9 Å². The molecular formula is C21H14ClNO3S. The fourth-order valence-electron chi connectivity index (χ4n) is 2.90. The van der Waals surface area contributed by atoms with E-state index in [-0.39, 0.29) is 17.2 Å². The zero-order valence-electron chi connectivity index (χ0n) is 14.3. The molecule has 0 saturated heterocycles. The van der Waals surface area contributed by atoms with E-state index in [1.165, 1.54) is 11.3 Å². The first-order valence-electron chi connectivity index (χ1n) is 8.22. The van der Waals surface area contributed by atoms with Gasteiger partial charge < -0.3 is 4.42 Å². The average Bonchev–Trinajstić information content (AvgIpc) is 3.19. The van der Waals surface area contributed by atoms with Crippen molar-refractivity contribution < 1.29 is 9.21 Å². The third-order valence-electron chi connectivity index (χ3n) is 4.22. The van der Waals surface area contributed by atoms with Crippen LogP contribution in [-0.4, -0.2) is 5.91 Å². The number of carbonyl (C=O) groups excluding carboxylic acids is 1. The zero-order chi connectivity index (χ0) is 19.0. The number of hydrogen-bond donors (Lipinski definition) is 1. The summed E-state index contributed by atoms with van der Waals surface area (Å²) in [4.78, 5) is 26.3. The summed E-state index contributed by atoms with van der Waals surface area (Å²) in [7, 11) is 0. The number of hydrogen-bond acceptors (Lipinski definition) is 4. The van der Waals surface area contributed by atoms with Gasteiger partial charge in [-0.15, -0.1) is 11.3 Å². The molecule has 4 nitrogen and oxygen atoms in total. The number of amides is 1. The minimum atomic E-state index is -0.323. The average molecular weight is 396 g/mol. The molecule has 2 aromatic heterocycles. The summed E-state index contributed by atoms with van der Waals surface area (Å²) in [5.74, 6) is -0.196. The Bertz CT molecular complexity index is 1190. The lowest BCUT2D eigenvalue weighted by Crippen LogP contribution is -2.15. The van der Waals surface area contributed by atoms with Gasteiger partial charge in [0.15, 0.2) is 0 Å². The highest BCUT2D eigenvalue weighted by Gasteiger charge is 2.20. The number of fused-ring (bicyclic) bond motifs is 1. The molecule has 6 heteroatoms. The highest BCUT2D eigenvalue weighted by molar-refractivity contribution is 7.12. The summed E-state index contributed by atoms with van der Waals surface area (Å²) >= 11 is 7.29. The van der Waals surface area contributed by atoms with Crippen LogP contribution in [0.1, 0.15) is 15.2 Å². The molecule has 0 aliphatic carbocycles. The quantitative estimate of drug-likeness (QED) is 0.481. The summed E-state index contributed by atoms with van der Waals surface area (Å²) in [6.45, 7) is 1.86. The predicted octanol–water partition coefficient (Wildman–Crippen LogP) is 5.74. The number of anilines is 1. The van der Waals surface area contributed by atoms with Crippen molar-refractivity contribution in [1.82, 2.24) is 0 Å². The molecule has 0 radical (unpaired) electrons. The fourth-order valence-corrected chi connectivity index (χ4v) is 3.64. The van der Waals surface area contributed by atoms with E-state index in [4.69, 9.17) is 16.0 Å². The van der Waals surface area contributed by atoms with E-state index in [1.54, 1.807) is 42.5 Å². The van der Waals surface area contributed by atoms with Gasteiger partial charge in [0.1, 0.15) is 5.58 Å². The second kappa shape index (κ2) is 7.02. The molecule has 27 heavy (non-hydrogen) atoms. The van der Waals surface area contributed by atoms with Crippen LogP contribution in [0.25, 0.3) is 22.1 Å². The molecule has 0 aliphatic rings. The van der Waals surface area contributed by atoms with E-state index in [0.29, 0.717) is 32.0 Å². The summed E-state index contributed by atoms with van der Waals surface area (Å²) in [5.41, 5.74) is 2.00. The molecule has 0 bridgehead atoms. The van der Waals surface area contributed by atoms with Gasteiger partial charge in [-0.2, -0.15) is 0 Å². The minimum Gasteiger partial charge on any atom is -0.439 e. The van der Waals surface area contributed by atoms with Crippen molar-refractivity contribution >= 4 is 45.7 Å². The van der Waals surface area contributed by atoms with Crippen molar-refractivity contribution in [2.24, 2.45) is 0 Å². The zero-order valence-corrected chi connectivity index (χ0v) is 15.9. The molecule has 0 unspecified atom stereocenters. The maximum absolute atomic E-state index is 13.2. The second-order valence-corrected chi connectivity index (χ2v) is 7.41. The van der Waals surface area contributed by atoms with Crippen LogP contribution >= 0.6 is 22.9 Å².